The summed E-state index contributed by atoms with van der Waals surface area (Å²) in [4.78, 5) is 32.8. The van der Waals surface area contributed by atoms with Gasteiger partial charge in [-0.2, -0.15) is 0 Å². The van der Waals surface area contributed by atoms with Crippen LogP contribution in [0.4, 0.5) is 0 Å². The number of methoxy groups -OCH3 is 2. The van der Waals surface area contributed by atoms with E-state index in [-0.39, 0.29) is 17.7 Å². The van der Waals surface area contributed by atoms with Crippen LogP contribution in [0.5, 0.6) is 11.5 Å². The van der Waals surface area contributed by atoms with Crippen molar-refractivity contribution >= 4 is 45.9 Å². The molecule has 0 bridgehead atoms. The van der Waals surface area contributed by atoms with Gasteiger partial charge < -0.3 is 18.8 Å². The maximum Gasteiger partial charge on any atom is 0.338 e. The molecular formula is C34H30ClN3O5S. The van der Waals surface area contributed by atoms with Crippen LogP contribution in [0, 0.1) is 0 Å². The highest BCUT2D eigenvalue weighted by molar-refractivity contribution is 7.07. The molecule has 3 heterocycles. The van der Waals surface area contributed by atoms with E-state index in [0.717, 1.165) is 22.0 Å². The fraction of sp³-hybridized carbons (Fsp3) is 0.206. The molecule has 1 atom stereocenters. The predicted molar refractivity (Wildman–Crippen MR) is 172 cm³/mol. The molecule has 6 rings (SSSR count). The molecule has 5 aromatic rings. The van der Waals surface area contributed by atoms with Crippen molar-refractivity contribution in [3.63, 3.8) is 0 Å². The number of hydrogen-bond acceptors (Lipinski definition) is 7. The first kappa shape index (κ1) is 29.5. The van der Waals surface area contributed by atoms with Crippen LogP contribution < -0.4 is 24.4 Å². The minimum Gasteiger partial charge on any atom is -0.497 e. The number of allylic oxidation sites excluding steroid dienone is 1. The zero-order valence-corrected chi connectivity index (χ0v) is 26.2. The number of hydrogen-bond donors (Lipinski definition) is 0. The molecule has 0 unspecified atom stereocenters. The van der Waals surface area contributed by atoms with Gasteiger partial charge in [0.05, 0.1) is 36.6 Å². The zero-order valence-electron chi connectivity index (χ0n) is 24.7. The molecule has 3 aromatic carbocycles. The molecule has 1 aliphatic rings. The molecule has 44 heavy (non-hydrogen) atoms. The van der Waals surface area contributed by atoms with E-state index in [4.69, 9.17) is 30.8 Å². The Bertz CT molecular complexity index is 2120. The molecule has 0 amide bonds. The molecule has 1 aliphatic heterocycles. The number of ether oxygens (including phenoxy) is 3. The Kier molecular flexibility index (Phi) is 8.16. The number of aromatic nitrogens is 2. The standard InChI is InChI=1S/C34H30ClN3O5S/c1-5-43-33(40)30-20(2)36-34-38(31(30)26-17-24(41-3)13-14-28(26)42-4)32(39)29(44-34)16-22-19-37(27-12-7-6-11-25(22)27)18-21-9-8-10-23(35)15-21/h6-17,19,31H,5,18H2,1-4H3/b29-16-/t31-/m1/s1. The summed E-state index contributed by atoms with van der Waals surface area (Å²) >= 11 is 7.53. The fourth-order valence-electron chi connectivity index (χ4n) is 5.63. The molecule has 0 radical (unpaired) electrons. The van der Waals surface area contributed by atoms with Crippen LogP contribution in [0.3, 0.4) is 0 Å². The lowest BCUT2D eigenvalue weighted by Crippen LogP contribution is -2.40. The molecule has 224 valence electrons. The van der Waals surface area contributed by atoms with Gasteiger partial charge in [0.1, 0.15) is 17.5 Å². The minimum atomic E-state index is -0.832. The molecule has 0 fully saturated rings. The highest BCUT2D eigenvalue weighted by atomic mass is 35.5. The van der Waals surface area contributed by atoms with Gasteiger partial charge in [-0.05, 0) is 61.9 Å². The second-order valence-corrected chi connectivity index (χ2v) is 11.7. The number of carbonyl (C=O) groups is 1. The van der Waals surface area contributed by atoms with Gasteiger partial charge in [-0.15, -0.1) is 0 Å². The Morgan fingerprint density at radius 2 is 1.89 bits per heavy atom. The number of rotatable bonds is 8. The van der Waals surface area contributed by atoms with Gasteiger partial charge in [0.25, 0.3) is 5.56 Å². The summed E-state index contributed by atoms with van der Waals surface area (Å²) in [6.45, 7) is 4.30. The van der Waals surface area contributed by atoms with Crippen LogP contribution in [0.25, 0.3) is 17.0 Å². The van der Waals surface area contributed by atoms with Gasteiger partial charge in [-0.1, -0.05) is 53.3 Å². The smallest absolute Gasteiger partial charge is 0.338 e. The predicted octanol–water partition coefficient (Wildman–Crippen LogP) is 5.47. The number of esters is 1. The summed E-state index contributed by atoms with van der Waals surface area (Å²) in [6.07, 6.45) is 3.94. The third-order valence-electron chi connectivity index (χ3n) is 7.60. The van der Waals surface area contributed by atoms with Crippen LogP contribution in [0.1, 0.15) is 36.6 Å². The normalized spacial score (nSPS) is 14.8. The molecular weight excluding hydrogens is 598 g/mol. The van der Waals surface area contributed by atoms with Crippen molar-refractivity contribution in [2.75, 3.05) is 20.8 Å². The highest BCUT2D eigenvalue weighted by Crippen LogP contribution is 2.38. The molecule has 2 aromatic heterocycles. The molecule has 8 nitrogen and oxygen atoms in total. The molecule has 0 aliphatic carbocycles. The van der Waals surface area contributed by atoms with E-state index in [2.05, 4.69) is 10.6 Å². The number of halogens is 1. The summed E-state index contributed by atoms with van der Waals surface area (Å²) in [6, 6.07) is 20.3. The van der Waals surface area contributed by atoms with Crippen molar-refractivity contribution in [1.29, 1.82) is 0 Å². The van der Waals surface area contributed by atoms with Crippen molar-refractivity contribution in [2.24, 2.45) is 4.99 Å². The molecule has 10 heteroatoms. The van der Waals surface area contributed by atoms with Crippen LogP contribution in [-0.4, -0.2) is 35.9 Å². The van der Waals surface area contributed by atoms with E-state index < -0.39 is 12.0 Å². The van der Waals surface area contributed by atoms with E-state index in [1.807, 2.05) is 54.7 Å². The number of fused-ring (bicyclic) bond motifs is 2. The number of benzene rings is 3. The van der Waals surface area contributed by atoms with Crippen molar-refractivity contribution in [3.8, 4) is 11.5 Å². The Morgan fingerprint density at radius 1 is 1.07 bits per heavy atom. The topological polar surface area (TPSA) is 84.1 Å². The quantitative estimate of drug-likeness (QED) is 0.213. The van der Waals surface area contributed by atoms with Crippen molar-refractivity contribution in [1.82, 2.24) is 9.13 Å². The summed E-state index contributed by atoms with van der Waals surface area (Å²) < 4.78 is 20.8. The van der Waals surface area contributed by atoms with Crippen LogP contribution in [0.15, 0.2) is 94.0 Å². The molecule has 0 saturated carbocycles. The second kappa shape index (κ2) is 12.2. The van der Waals surface area contributed by atoms with Crippen molar-refractivity contribution in [3.05, 3.63) is 126 Å². The Morgan fingerprint density at radius 3 is 2.64 bits per heavy atom. The second-order valence-electron chi connectivity index (χ2n) is 10.3. The number of para-hydroxylation sites is 1. The van der Waals surface area contributed by atoms with Crippen LogP contribution >= 0.6 is 22.9 Å². The zero-order chi connectivity index (χ0) is 31.0. The Balaban J connectivity index is 1.55. The van der Waals surface area contributed by atoms with Gasteiger partial charge in [0.15, 0.2) is 4.80 Å². The average molecular weight is 628 g/mol. The maximum atomic E-state index is 14.3. The van der Waals surface area contributed by atoms with E-state index in [0.29, 0.717) is 43.7 Å². The van der Waals surface area contributed by atoms with Crippen LogP contribution in [-0.2, 0) is 16.1 Å². The summed E-state index contributed by atoms with van der Waals surface area (Å²) in [5, 5.41) is 1.69. The van der Waals surface area contributed by atoms with Gasteiger partial charge in [-0.3, -0.25) is 9.36 Å². The average Bonchev–Trinajstić information content (AvgIpc) is 3.52. The number of carbonyl (C=O) groups excluding carboxylic acids is 1. The SMILES string of the molecule is CCOC(=O)C1=C(C)N=c2s/c(=C\c3cn(Cc4cccc(Cl)c4)c4ccccc34)c(=O)n2[C@@H]1c1cc(OC)ccc1OC. The maximum absolute atomic E-state index is 14.3. The Labute approximate surface area is 262 Å². The summed E-state index contributed by atoms with van der Waals surface area (Å²) in [5.41, 5.74) is 4.06. The number of thiazole rings is 1. The van der Waals surface area contributed by atoms with Gasteiger partial charge in [-0.25, -0.2) is 9.79 Å². The monoisotopic (exact) mass is 627 g/mol. The van der Waals surface area contributed by atoms with E-state index in [1.54, 1.807) is 50.8 Å². The van der Waals surface area contributed by atoms with Crippen molar-refractivity contribution in [2.45, 2.75) is 26.4 Å². The van der Waals surface area contributed by atoms with Gasteiger partial charge in [0.2, 0.25) is 0 Å². The molecule has 0 N–H and O–H groups in total. The van der Waals surface area contributed by atoms with Crippen molar-refractivity contribution < 1.29 is 19.0 Å². The summed E-state index contributed by atoms with van der Waals surface area (Å²) in [5.74, 6) is 0.529. The first-order chi connectivity index (χ1) is 21.3. The first-order valence-corrected chi connectivity index (χ1v) is 15.3. The van der Waals surface area contributed by atoms with E-state index >= 15 is 0 Å². The molecule has 0 saturated heterocycles. The lowest BCUT2D eigenvalue weighted by molar-refractivity contribution is -0.139. The number of nitrogens with zero attached hydrogens (tertiary/aromatic N) is 3. The minimum absolute atomic E-state index is 0.182. The Hall–Kier alpha value is -4.60. The lowest BCUT2D eigenvalue weighted by Gasteiger charge is -2.26. The van der Waals surface area contributed by atoms with E-state index in [9.17, 15) is 9.59 Å². The van der Waals surface area contributed by atoms with E-state index in [1.165, 1.54) is 11.3 Å². The van der Waals surface area contributed by atoms with Crippen LogP contribution in [0.2, 0.25) is 5.02 Å². The van der Waals surface area contributed by atoms with Gasteiger partial charge >= 0.3 is 5.97 Å². The third-order valence-corrected chi connectivity index (χ3v) is 8.81. The first-order valence-electron chi connectivity index (χ1n) is 14.1. The summed E-state index contributed by atoms with van der Waals surface area (Å²) in [7, 11) is 3.11. The lowest BCUT2D eigenvalue weighted by atomic mass is 9.94. The van der Waals surface area contributed by atoms with Gasteiger partial charge in [0, 0.05) is 39.8 Å². The highest BCUT2D eigenvalue weighted by Gasteiger charge is 2.35. The fourth-order valence-corrected chi connectivity index (χ4v) is 6.88. The third kappa shape index (κ3) is 5.33. The largest absolute Gasteiger partial charge is 0.497 e. The molecule has 0 spiro atoms.